The fourth-order valence-electron chi connectivity index (χ4n) is 3.79. The van der Waals surface area contributed by atoms with Gasteiger partial charge in [-0.05, 0) is 58.0 Å². The number of hydrogen-bond acceptors (Lipinski definition) is 3. The molecule has 0 amide bonds. The van der Waals surface area contributed by atoms with Crippen LogP contribution in [0.2, 0.25) is 0 Å². The van der Waals surface area contributed by atoms with E-state index < -0.39 is 34.3 Å². The van der Waals surface area contributed by atoms with Crippen LogP contribution in [0.5, 0.6) is 5.75 Å². The van der Waals surface area contributed by atoms with Crippen molar-refractivity contribution in [1.29, 1.82) is 0 Å². The first kappa shape index (κ1) is 19.8. The SMILES string of the molecule is CC(C)(CN1CCC2(CC1)C[S+]([O-])C2)Oc1ccc(F)c(C(F)(F)F)c1. The fraction of sp³-hybridized carbons (Fsp3) is 0.667. The van der Waals surface area contributed by atoms with Crippen molar-refractivity contribution in [3.05, 3.63) is 29.6 Å². The molecule has 0 saturated carbocycles. The molecular formula is C18H23F4NO2S. The van der Waals surface area contributed by atoms with Crippen molar-refractivity contribution in [2.75, 3.05) is 31.1 Å². The average molecular weight is 393 g/mol. The zero-order chi connectivity index (χ0) is 19.2. The Morgan fingerprint density at radius 3 is 2.35 bits per heavy atom. The van der Waals surface area contributed by atoms with E-state index in [4.69, 9.17) is 4.74 Å². The van der Waals surface area contributed by atoms with Gasteiger partial charge in [-0.2, -0.15) is 13.2 Å². The molecule has 1 spiro atoms. The summed E-state index contributed by atoms with van der Waals surface area (Å²) in [5.41, 5.74) is -1.80. The maximum Gasteiger partial charge on any atom is 0.419 e. The van der Waals surface area contributed by atoms with Crippen LogP contribution < -0.4 is 4.74 Å². The molecule has 0 atom stereocenters. The van der Waals surface area contributed by atoms with Gasteiger partial charge in [-0.1, -0.05) is 11.2 Å². The number of hydrogen-bond donors (Lipinski definition) is 0. The van der Waals surface area contributed by atoms with Gasteiger partial charge in [-0.3, -0.25) is 4.90 Å². The normalized spacial score (nSPS) is 21.7. The van der Waals surface area contributed by atoms with Crippen LogP contribution >= 0.6 is 0 Å². The van der Waals surface area contributed by atoms with E-state index in [1.54, 1.807) is 0 Å². The van der Waals surface area contributed by atoms with Crippen molar-refractivity contribution in [3.63, 3.8) is 0 Å². The van der Waals surface area contributed by atoms with E-state index in [1.165, 1.54) is 6.07 Å². The predicted octanol–water partition coefficient (Wildman–Crippen LogP) is 3.85. The summed E-state index contributed by atoms with van der Waals surface area (Å²) in [5.74, 6) is 0.279. The minimum Gasteiger partial charge on any atom is -0.616 e. The van der Waals surface area contributed by atoms with Crippen LogP contribution in [0.15, 0.2) is 18.2 Å². The van der Waals surface area contributed by atoms with Crippen LogP contribution in [0.1, 0.15) is 32.3 Å². The van der Waals surface area contributed by atoms with Gasteiger partial charge in [0.1, 0.15) is 28.7 Å². The fourth-order valence-corrected chi connectivity index (χ4v) is 5.65. The molecule has 3 nitrogen and oxygen atoms in total. The van der Waals surface area contributed by atoms with Crippen molar-refractivity contribution in [2.45, 2.75) is 38.5 Å². The summed E-state index contributed by atoms with van der Waals surface area (Å²) in [6.07, 6.45) is -2.77. The number of halogens is 4. The Kier molecular flexibility index (Phi) is 5.22. The Balaban J connectivity index is 1.59. The van der Waals surface area contributed by atoms with Crippen LogP contribution in [0, 0.1) is 11.2 Å². The molecule has 0 bridgehead atoms. The summed E-state index contributed by atoms with van der Waals surface area (Å²) in [4.78, 5) is 2.22. The molecule has 2 heterocycles. The van der Waals surface area contributed by atoms with Crippen molar-refractivity contribution >= 4 is 11.2 Å². The van der Waals surface area contributed by atoms with Crippen LogP contribution in [-0.4, -0.2) is 46.2 Å². The molecule has 146 valence electrons. The van der Waals surface area contributed by atoms with E-state index in [2.05, 4.69) is 4.90 Å². The highest BCUT2D eigenvalue weighted by molar-refractivity contribution is 7.92. The van der Waals surface area contributed by atoms with Gasteiger partial charge in [0.2, 0.25) is 0 Å². The molecule has 1 aromatic rings. The third-order valence-corrected chi connectivity index (χ3v) is 6.96. The summed E-state index contributed by atoms with van der Waals surface area (Å²) in [5, 5.41) is 0. The first-order valence-corrected chi connectivity index (χ1v) is 10.1. The van der Waals surface area contributed by atoms with Crippen LogP contribution in [0.25, 0.3) is 0 Å². The van der Waals surface area contributed by atoms with Gasteiger partial charge in [-0.15, -0.1) is 0 Å². The van der Waals surface area contributed by atoms with Crippen molar-refractivity contribution in [1.82, 2.24) is 4.90 Å². The molecule has 2 fully saturated rings. The number of nitrogens with zero attached hydrogens (tertiary/aromatic N) is 1. The van der Waals surface area contributed by atoms with Gasteiger partial charge in [0.05, 0.1) is 11.0 Å². The molecule has 0 unspecified atom stereocenters. The standard InChI is InChI=1S/C18H23F4NO2S/c1-16(2,10-23-7-5-17(6-8-23)11-26(24)12-17)25-13-3-4-15(19)14(9-13)18(20,21)22/h3-4,9H,5-8,10-12H2,1-2H3. The molecule has 0 aromatic heterocycles. The molecule has 1 aromatic carbocycles. The number of benzene rings is 1. The van der Waals surface area contributed by atoms with Gasteiger partial charge >= 0.3 is 6.18 Å². The zero-order valence-corrected chi connectivity index (χ0v) is 15.7. The third kappa shape index (κ3) is 4.46. The number of alkyl halides is 3. The number of likely N-dealkylation sites (tertiary alicyclic amines) is 1. The first-order valence-electron chi connectivity index (χ1n) is 8.61. The van der Waals surface area contributed by atoms with Crippen molar-refractivity contribution in [2.24, 2.45) is 5.41 Å². The second-order valence-corrected chi connectivity index (χ2v) is 9.46. The summed E-state index contributed by atoms with van der Waals surface area (Å²) in [6, 6.07) is 2.72. The van der Waals surface area contributed by atoms with E-state index in [0.29, 0.717) is 12.6 Å². The zero-order valence-electron chi connectivity index (χ0n) is 14.9. The summed E-state index contributed by atoms with van der Waals surface area (Å²) >= 11 is -0.663. The first-order chi connectivity index (χ1) is 12.0. The molecule has 2 saturated heterocycles. The maximum absolute atomic E-state index is 13.4. The molecule has 2 aliphatic rings. The van der Waals surface area contributed by atoms with Gasteiger partial charge in [0.25, 0.3) is 0 Å². The van der Waals surface area contributed by atoms with E-state index in [1.807, 2.05) is 13.8 Å². The lowest BCUT2D eigenvalue weighted by Crippen LogP contribution is -2.56. The lowest BCUT2D eigenvalue weighted by molar-refractivity contribution is -0.140. The monoisotopic (exact) mass is 393 g/mol. The van der Waals surface area contributed by atoms with E-state index >= 15 is 0 Å². The van der Waals surface area contributed by atoms with Crippen molar-refractivity contribution < 1.29 is 26.9 Å². The van der Waals surface area contributed by atoms with Crippen LogP contribution in [-0.2, 0) is 17.4 Å². The molecule has 0 N–H and O–H groups in total. The largest absolute Gasteiger partial charge is 0.616 e. The quantitative estimate of drug-likeness (QED) is 0.576. The molecule has 26 heavy (non-hydrogen) atoms. The van der Waals surface area contributed by atoms with Gasteiger partial charge in [0, 0.05) is 6.54 Å². The van der Waals surface area contributed by atoms with Gasteiger partial charge in [0.15, 0.2) is 0 Å². The Morgan fingerprint density at radius 1 is 1.19 bits per heavy atom. The molecule has 3 rings (SSSR count). The lowest BCUT2D eigenvalue weighted by atomic mass is 9.81. The highest BCUT2D eigenvalue weighted by Crippen LogP contribution is 2.42. The number of piperidine rings is 1. The third-order valence-electron chi connectivity index (χ3n) is 5.09. The molecule has 2 aliphatic heterocycles. The van der Waals surface area contributed by atoms with E-state index in [-0.39, 0.29) is 11.2 Å². The molecule has 8 heteroatoms. The number of rotatable bonds is 4. The smallest absolute Gasteiger partial charge is 0.419 e. The minimum atomic E-state index is -4.75. The highest BCUT2D eigenvalue weighted by atomic mass is 32.2. The van der Waals surface area contributed by atoms with Crippen LogP contribution in [0.4, 0.5) is 17.6 Å². The second kappa shape index (κ2) is 6.87. The Labute approximate surface area is 153 Å². The minimum absolute atomic E-state index is 0.00611. The maximum atomic E-state index is 13.4. The van der Waals surface area contributed by atoms with Crippen LogP contribution in [0.3, 0.4) is 0 Å². The summed E-state index contributed by atoms with van der Waals surface area (Å²) in [7, 11) is 0. The lowest BCUT2D eigenvalue weighted by Gasteiger charge is -2.48. The summed E-state index contributed by atoms with van der Waals surface area (Å²) in [6.45, 7) is 5.91. The molecule has 0 aliphatic carbocycles. The van der Waals surface area contributed by atoms with Gasteiger partial charge < -0.3 is 9.29 Å². The molecule has 0 radical (unpaired) electrons. The predicted molar refractivity (Wildman–Crippen MR) is 92.1 cm³/mol. The van der Waals surface area contributed by atoms with Gasteiger partial charge in [-0.25, -0.2) is 4.39 Å². The molecular weight excluding hydrogens is 370 g/mol. The second-order valence-electron chi connectivity index (χ2n) is 8.01. The van der Waals surface area contributed by atoms with Crippen molar-refractivity contribution in [3.8, 4) is 5.75 Å². The van der Waals surface area contributed by atoms with E-state index in [0.717, 1.165) is 43.5 Å². The average Bonchev–Trinajstić information content (AvgIpc) is 2.48. The topological polar surface area (TPSA) is 35.5 Å². The van der Waals surface area contributed by atoms with E-state index in [9.17, 15) is 22.1 Å². The Bertz CT molecular complexity index is 649. The summed E-state index contributed by atoms with van der Waals surface area (Å²) < 4.78 is 69.1. The highest BCUT2D eigenvalue weighted by Gasteiger charge is 2.50. The Hall–Kier alpha value is -0.990. The number of ether oxygens (including phenoxy) is 1. The Morgan fingerprint density at radius 2 is 1.81 bits per heavy atom.